The summed E-state index contributed by atoms with van der Waals surface area (Å²) in [7, 11) is 0. The molecule has 1 aromatic carbocycles. The van der Waals surface area contributed by atoms with Crippen LogP contribution in [0.5, 0.6) is 0 Å². The van der Waals surface area contributed by atoms with Crippen molar-refractivity contribution in [3.8, 4) is 0 Å². The summed E-state index contributed by atoms with van der Waals surface area (Å²) in [6.45, 7) is 2.50. The molecule has 1 aromatic rings. The maximum absolute atomic E-state index is 12.9. The molecule has 9 nitrogen and oxygen atoms in total. The smallest absolute Gasteiger partial charge is 0.242 e. The number of aliphatic imine (C=N–C) groups is 1. The average Bonchev–Trinajstić information content (AvgIpc) is 2.65. The summed E-state index contributed by atoms with van der Waals surface area (Å²) in [4.78, 5) is 44.1. The van der Waals surface area contributed by atoms with Gasteiger partial charge in [0, 0.05) is 26.6 Å². The molecule has 1 heterocycles. The van der Waals surface area contributed by atoms with Crippen LogP contribution in [0.15, 0.2) is 29.3 Å². The van der Waals surface area contributed by atoms with Gasteiger partial charge in [0.05, 0.1) is 19.1 Å². The van der Waals surface area contributed by atoms with Crippen molar-refractivity contribution in [3.63, 3.8) is 0 Å². The van der Waals surface area contributed by atoms with Gasteiger partial charge < -0.3 is 27.0 Å². The first-order valence-corrected chi connectivity index (χ1v) is 9.71. The summed E-state index contributed by atoms with van der Waals surface area (Å²) in [5, 5.41) is 0. The lowest BCUT2D eigenvalue weighted by Gasteiger charge is -2.30. The van der Waals surface area contributed by atoms with Crippen LogP contribution in [0, 0.1) is 0 Å². The zero-order valence-electron chi connectivity index (χ0n) is 16.8. The van der Waals surface area contributed by atoms with E-state index in [1.165, 1.54) is 16.7 Å². The summed E-state index contributed by atoms with van der Waals surface area (Å²) in [6.07, 6.45) is 1.82. The molecule has 2 rings (SSSR count). The fraction of sp³-hybridized carbons (Fsp3) is 0.500. The number of nitrogens with two attached hydrogens (primary N) is 3. The zero-order valence-corrected chi connectivity index (χ0v) is 16.8. The number of guanidine groups is 1. The quantitative estimate of drug-likeness (QED) is 0.314. The van der Waals surface area contributed by atoms with Gasteiger partial charge in [0.25, 0.3) is 0 Å². The summed E-state index contributed by atoms with van der Waals surface area (Å²) in [5.74, 6) is -0.624. The first-order chi connectivity index (χ1) is 13.8. The number of nitrogens with zero attached hydrogens (tertiary/aromatic N) is 3. The Hall–Kier alpha value is -2.94. The number of fused-ring (bicyclic) bond motifs is 1. The van der Waals surface area contributed by atoms with Gasteiger partial charge in [-0.15, -0.1) is 0 Å². The van der Waals surface area contributed by atoms with Gasteiger partial charge >= 0.3 is 0 Å². The molecule has 9 heteroatoms. The number of ketones is 1. The lowest BCUT2D eigenvalue weighted by Crippen LogP contribution is -2.48. The Morgan fingerprint density at radius 2 is 1.86 bits per heavy atom. The summed E-state index contributed by atoms with van der Waals surface area (Å²) in [6, 6.07) is 7.00. The van der Waals surface area contributed by atoms with Crippen LogP contribution >= 0.6 is 0 Å². The van der Waals surface area contributed by atoms with E-state index < -0.39 is 6.04 Å². The first kappa shape index (κ1) is 22.4. The van der Waals surface area contributed by atoms with Crippen molar-refractivity contribution < 1.29 is 14.4 Å². The second-order valence-corrected chi connectivity index (χ2v) is 7.25. The van der Waals surface area contributed by atoms with Crippen molar-refractivity contribution >= 4 is 23.6 Å². The number of benzene rings is 1. The van der Waals surface area contributed by atoms with E-state index >= 15 is 0 Å². The van der Waals surface area contributed by atoms with Crippen LogP contribution in [0.25, 0.3) is 0 Å². The molecule has 6 N–H and O–H groups in total. The Kier molecular flexibility index (Phi) is 8.14. The van der Waals surface area contributed by atoms with Crippen molar-refractivity contribution in [3.05, 3.63) is 35.4 Å². The number of carbonyl (C=O) groups excluding carboxylic acids is 3. The van der Waals surface area contributed by atoms with E-state index in [1.54, 1.807) is 0 Å². The van der Waals surface area contributed by atoms with Gasteiger partial charge in [-0.3, -0.25) is 19.4 Å². The molecule has 0 spiro atoms. The van der Waals surface area contributed by atoms with E-state index in [-0.39, 0.29) is 36.6 Å². The summed E-state index contributed by atoms with van der Waals surface area (Å²) >= 11 is 0. The van der Waals surface area contributed by atoms with Crippen molar-refractivity contribution in [2.75, 3.05) is 26.2 Å². The minimum atomic E-state index is -0.647. The lowest BCUT2D eigenvalue weighted by atomic mass is 9.95. The van der Waals surface area contributed by atoms with E-state index in [9.17, 15) is 14.4 Å². The Morgan fingerprint density at radius 1 is 1.17 bits per heavy atom. The van der Waals surface area contributed by atoms with Crippen molar-refractivity contribution in [1.29, 1.82) is 0 Å². The van der Waals surface area contributed by atoms with Gasteiger partial charge in [-0.05, 0) is 30.4 Å². The van der Waals surface area contributed by atoms with Gasteiger partial charge in [-0.1, -0.05) is 24.3 Å². The molecule has 29 heavy (non-hydrogen) atoms. The summed E-state index contributed by atoms with van der Waals surface area (Å²) in [5.41, 5.74) is 18.5. The van der Waals surface area contributed by atoms with Gasteiger partial charge in [-0.25, -0.2) is 0 Å². The standard InChI is InChI=1S/C20H30N6O3/c1-14(27)25(9-5-4-8-24-20(22)23)13-19(29)26-11-16-7-3-2-6-15(16)10-17(21)18(28)12-26/h2-3,6-7,17H,4-5,8-13,21H2,1H3,(H4,22,23,24). The molecule has 0 fully saturated rings. The molecule has 0 saturated heterocycles. The zero-order chi connectivity index (χ0) is 21.4. The van der Waals surface area contributed by atoms with Gasteiger partial charge in [0.2, 0.25) is 11.8 Å². The Bertz CT molecular complexity index is 775. The SMILES string of the molecule is CC(=O)N(CCCCN=C(N)N)CC(=O)N1CC(=O)C(N)Cc2ccccc2C1. The number of hydrogen-bond donors (Lipinski definition) is 3. The molecular weight excluding hydrogens is 372 g/mol. The second-order valence-electron chi connectivity index (χ2n) is 7.25. The molecule has 0 radical (unpaired) electrons. The summed E-state index contributed by atoms with van der Waals surface area (Å²) < 4.78 is 0. The fourth-order valence-corrected chi connectivity index (χ4v) is 3.24. The van der Waals surface area contributed by atoms with Crippen LogP contribution in [0.4, 0.5) is 0 Å². The lowest BCUT2D eigenvalue weighted by molar-refractivity contribution is -0.141. The number of amides is 2. The maximum Gasteiger partial charge on any atom is 0.242 e. The van der Waals surface area contributed by atoms with Crippen molar-refractivity contribution in [2.24, 2.45) is 22.2 Å². The number of hydrogen-bond acceptors (Lipinski definition) is 5. The number of carbonyl (C=O) groups is 3. The second kappa shape index (κ2) is 10.6. The van der Waals surface area contributed by atoms with Crippen molar-refractivity contribution in [2.45, 2.75) is 38.8 Å². The number of Topliss-reactive ketones (excluding diaryl/α,β-unsaturated/α-hetero) is 1. The highest BCUT2D eigenvalue weighted by atomic mass is 16.2. The maximum atomic E-state index is 12.9. The van der Waals surface area contributed by atoms with Crippen LogP contribution in [-0.4, -0.2) is 65.6 Å². The highest BCUT2D eigenvalue weighted by molar-refractivity contribution is 5.91. The minimum absolute atomic E-state index is 0.0313. The van der Waals surface area contributed by atoms with Gasteiger partial charge in [0.1, 0.15) is 0 Å². The number of unbranched alkanes of at least 4 members (excludes halogenated alkanes) is 1. The minimum Gasteiger partial charge on any atom is -0.370 e. The molecule has 1 aliphatic rings. The largest absolute Gasteiger partial charge is 0.370 e. The fourth-order valence-electron chi connectivity index (χ4n) is 3.24. The highest BCUT2D eigenvalue weighted by Crippen LogP contribution is 2.17. The molecule has 158 valence electrons. The Balaban J connectivity index is 2.03. The van der Waals surface area contributed by atoms with Crippen molar-refractivity contribution in [1.82, 2.24) is 9.80 Å². The van der Waals surface area contributed by atoms with E-state index in [0.29, 0.717) is 38.9 Å². The molecule has 2 amide bonds. The number of rotatable bonds is 7. The normalized spacial score (nSPS) is 16.4. The third kappa shape index (κ3) is 6.86. The molecule has 1 atom stereocenters. The third-order valence-corrected chi connectivity index (χ3v) is 4.93. The molecule has 0 saturated carbocycles. The highest BCUT2D eigenvalue weighted by Gasteiger charge is 2.27. The predicted molar refractivity (Wildman–Crippen MR) is 111 cm³/mol. The molecular formula is C20H30N6O3. The molecule has 0 aliphatic carbocycles. The molecule has 0 bridgehead atoms. The third-order valence-electron chi connectivity index (χ3n) is 4.93. The monoisotopic (exact) mass is 402 g/mol. The van der Waals surface area contributed by atoms with Crippen LogP contribution < -0.4 is 17.2 Å². The molecule has 1 unspecified atom stereocenters. The van der Waals surface area contributed by atoms with E-state index in [4.69, 9.17) is 17.2 Å². The topological polar surface area (TPSA) is 148 Å². The van der Waals surface area contributed by atoms with E-state index in [0.717, 1.165) is 11.1 Å². The van der Waals surface area contributed by atoms with Crippen LogP contribution in [0.1, 0.15) is 30.9 Å². The van der Waals surface area contributed by atoms with Gasteiger partial charge in [0.15, 0.2) is 11.7 Å². The Morgan fingerprint density at radius 3 is 2.52 bits per heavy atom. The van der Waals surface area contributed by atoms with Gasteiger partial charge in [-0.2, -0.15) is 0 Å². The average molecular weight is 402 g/mol. The Labute approximate surface area is 170 Å². The first-order valence-electron chi connectivity index (χ1n) is 9.71. The van der Waals surface area contributed by atoms with Crippen LogP contribution in [0.3, 0.4) is 0 Å². The predicted octanol–water partition coefficient (Wildman–Crippen LogP) is -0.630. The van der Waals surface area contributed by atoms with Crippen LogP contribution in [-0.2, 0) is 27.3 Å². The van der Waals surface area contributed by atoms with Crippen LogP contribution in [0.2, 0.25) is 0 Å². The van der Waals surface area contributed by atoms with E-state index in [2.05, 4.69) is 4.99 Å². The molecule has 0 aromatic heterocycles. The molecule has 1 aliphatic heterocycles. The van der Waals surface area contributed by atoms with E-state index in [1.807, 2.05) is 24.3 Å².